The zero-order valence-corrected chi connectivity index (χ0v) is 9.99. The molecule has 0 saturated carbocycles. The summed E-state index contributed by atoms with van der Waals surface area (Å²) in [5.74, 6) is -0.195. The Kier molecular flexibility index (Phi) is 2.76. The number of rotatable bonds is 2. The van der Waals surface area contributed by atoms with Crippen molar-refractivity contribution in [2.24, 2.45) is 5.73 Å². The average Bonchev–Trinajstić information content (AvgIpc) is 2.82. The predicted molar refractivity (Wildman–Crippen MR) is 70.8 cm³/mol. The van der Waals surface area contributed by atoms with E-state index < -0.39 is 0 Å². The van der Waals surface area contributed by atoms with E-state index in [4.69, 9.17) is 5.73 Å². The van der Waals surface area contributed by atoms with Crippen molar-refractivity contribution in [2.45, 2.75) is 19.0 Å². The van der Waals surface area contributed by atoms with Crippen LogP contribution in [-0.2, 0) is 13.0 Å². The molecule has 1 atom stereocenters. The third kappa shape index (κ3) is 1.97. The molecule has 3 heteroatoms. The highest BCUT2D eigenvalue weighted by Crippen LogP contribution is 2.34. The third-order valence-corrected chi connectivity index (χ3v) is 3.43. The fourth-order valence-corrected chi connectivity index (χ4v) is 2.44. The van der Waals surface area contributed by atoms with Crippen LogP contribution >= 0.6 is 0 Å². The Bertz CT molecular complexity index is 563. The van der Waals surface area contributed by atoms with E-state index in [2.05, 4.69) is 17.4 Å². The maximum absolute atomic E-state index is 12.9. The molecule has 0 aromatic heterocycles. The second-order valence-corrected chi connectivity index (χ2v) is 4.65. The molecule has 3 rings (SSSR count). The van der Waals surface area contributed by atoms with Gasteiger partial charge in [-0.3, -0.25) is 0 Å². The normalized spacial score (nSPS) is 17.3. The molecule has 0 aliphatic carbocycles. The highest BCUT2D eigenvalue weighted by molar-refractivity contribution is 5.59. The van der Waals surface area contributed by atoms with Gasteiger partial charge in [-0.05, 0) is 41.3 Å². The van der Waals surface area contributed by atoms with Gasteiger partial charge < -0.3 is 11.1 Å². The summed E-state index contributed by atoms with van der Waals surface area (Å²) in [7, 11) is 0. The number of halogens is 1. The summed E-state index contributed by atoms with van der Waals surface area (Å²) in [4.78, 5) is 0. The predicted octanol–water partition coefficient (Wildman–Crippen LogP) is 2.99. The molecule has 2 nitrogen and oxygen atoms in total. The first-order valence-corrected chi connectivity index (χ1v) is 6.10. The van der Waals surface area contributed by atoms with Gasteiger partial charge >= 0.3 is 0 Å². The molecule has 2 aromatic rings. The van der Waals surface area contributed by atoms with Crippen LogP contribution in [0.3, 0.4) is 0 Å². The Morgan fingerprint density at radius 1 is 1.17 bits per heavy atom. The summed E-state index contributed by atoms with van der Waals surface area (Å²) in [6, 6.07) is 13.2. The lowest BCUT2D eigenvalue weighted by molar-refractivity contribution is 0.626. The molecule has 92 valence electrons. The van der Waals surface area contributed by atoms with Gasteiger partial charge in [-0.1, -0.05) is 24.3 Å². The van der Waals surface area contributed by atoms with Gasteiger partial charge in [-0.2, -0.15) is 0 Å². The fourth-order valence-electron chi connectivity index (χ4n) is 2.44. The number of benzene rings is 2. The molecule has 3 N–H and O–H groups in total. The quantitative estimate of drug-likeness (QED) is 0.849. The van der Waals surface area contributed by atoms with E-state index >= 15 is 0 Å². The van der Waals surface area contributed by atoms with E-state index in [0.717, 1.165) is 23.2 Å². The largest absolute Gasteiger partial charge is 0.378 e. The van der Waals surface area contributed by atoms with E-state index in [1.807, 2.05) is 18.2 Å². The Balaban J connectivity index is 1.86. The minimum atomic E-state index is -0.195. The number of hydrogen-bond acceptors (Lipinski definition) is 2. The number of anilines is 1. The summed E-state index contributed by atoms with van der Waals surface area (Å²) < 4.78 is 12.9. The number of hydrogen-bond donors (Lipinski definition) is 2. The Hall–Kier alpha value is -1.87. The monoisotopic (exact) mass is 242 g/mol. The topological polar surface area (TPSA) is 38.0 Å². The molecule has 1 heterocycles. The molecule has 0 fully saturated rings. The van der Waals surface area contributed by atoms with Crippen molar-refractivity contribution in [3.63, 3.8) is 0 Å². The first-order valence-electron chi connectivity index (χ1n) is 6.10. The molecular weight excluding hydrogens is 227 g/mol. The molecule has 1 aliphatic heterocycles. The Morgan fingerprint density at radius 2 is 1.94 bits per heavy atom. The number of nitrogens with one attached hydrogen (secondary N) is 1. The Morgan fingerprint density at radius 3 is 2.67 bits per heavy atom. The summed E-state index contributed by atoms with van der Waals surface area (Å²) in [6.45, 7) is 0.564. The molecule has 0 amide bonds. The first-order chi connectivity index (χ1) is 8.76. The second kappa shape index (κ2) is 4.42. The second-order valence-electron chi connectivity index (χ2n) is 4.65. The molecule has 1 unspecified atom stereocenters. The van der Waals surface area contributed by atoms with E-state index in [9.17, 15) is 4.39 Å². The maximum atomic E-state index is 12.9. The summed E-state index contributed by atoms with van der Waals surface area (Å²) in [6.07, 6.45) is 0.925. The van der Waals surface area contributed by atoms with Gasteiger partial charge in [-0.15, -0.1) is 0 Å². The van der Waals surface area contributed by atoms with Gasteiger partial charge in [0.25, 0.3) is 0 Å². The van der Waals surface area contributed by atoms with Crippen LogP contribution in [0.15, 0.2) is 42.5 Å². The van der Waals surface area contributed by atoms with Crippen LogP contribution in [0.4, 0.5) is 10.1 Å². The fraction of sp³-hybridized carbons (Fsp3) is 0.200. The zero-order valence-electron chi connectivity index (χ0n) is 9.99. The van der Waals surface area contributed by atoms with Crippen LogP contribution in [0.1, 0.15) is 22.7 Å². The van der Waals surface area contributed by atoms with Gasteiger partial charge in [0.1, 0.15) is 5.82 Å². The lowest BCUT2D eigenvalue weighted by Gasteiger charge is -2.11. The highest BCUT2D eigenvalue weighted by atomic mass is 19.1. The van der Waals surface area contributed by atoms with Crippen LogP contribution in [0, 0.1) is 5.82 Å². The van der Waals surface area contributed by atoms with E-state index in [0.29, 0.717) is 6.54 Å². The van der Waals surface area contributed by atoms with E-state index in [1.165, 1.54) is 17.7 Å². The van der Waals surface area contributed by atoms with Gasteiger partial charge in [0.2, 0.25) is 0 Å². The Labute approximate surface area is 106 Å². The van der Waals surface area contributed by atoms with Gasteiger partial charge in [-0.25, -0.2) is 4.39 Å². The minimum absolute atomic E-state index is 0.195. The highest BCUT2D eigenvalue weighted by Gasteiger charge is 2.21. The lowest BCUT2D eigenvalue weighted by Crippen LogP contribution is -2.05. The summed E-state index contributed by atoms with van der Waals surface area (Å²) in [5, 5.41) is 3.46. The summed E-state index contributed by atoms with van der Waals surface area (Å²) >= 11 is 0. The molecule has 0 radical (unpaired) electrons. The van der Waals surface area contributed by atoms with Crippen LogP contribution in [0.5, 0.6) is 0 Å². The van der Waals surface area contributed by atoms with Crippen molar-refractivity contribution in [1.82, 2.24) is 0 Å². The molecular formula is C15H15FN2. The minimum Gasteiger partial charge on any atom is -0.378 e. The van der Waals surface area contributed by atoms with E-state index in [-0.39, 0.29) is 11.9 Å². The lowest BCUT2D eigenvalue weighted by atomic mass is 10.0. The summed E-state index contributed by atoms with van der Waals surface area (Å²) in [5.41, 5.74) is 10.3. The van der Waals surface area contributed by atoms with Crippen LogP contribution in [-0.4, -0.2) is 0 Å². The van der Waals surface area contributed by atoms with Crippen molar-refractivity contribution >= 4 is 5.69 Å². The smallest absolute Gasteiger partial charge is 0.123 e. The van der Waals surface area contributed by atoms with Crippen LogP contribution < -0.4 is 11.1 Å². The van der Waals surface area contributed by atoms with Crippen LogP contribution in [0.25, 0.3) is 0 Å². The number of nitrogens with two attached hydrogens (primary N) is 1. The molecule has 0 spiro atoms. The molecule has 0 bridgehead atoms. The van der Waals surface area contributed by atoms with Crippen molar-refractivity contribution in [1.29, 1.82) is 0 Å². The van der Waals surface area contributed by atoms with Gasteiger partial charge in [0.05, 0.1) is 6.04 Å². The SMILES string of the molecule is NCc1ccc2c(c1)CC(c1ccc(F)cc1)N2. The van der Waals surface area contributed by atoms with Crippen molar-refractivity contribution in [2.75, 3.05) is 5.32 Å². The average molecular weight is 242 g/mol. The maximum Gasteiger partial charge on any atom is 0.123 e. The molecule has 1 aliphatic rings. The number of fused-ring (bicyclic) bond motifs is 1. The first kappa shape index (κ1) is 11.2. The van der Waals surface area contributed by atoms with Crippen molar-refractivity contribution in [3.05, 3.63) is 65.0 Å². The zero-order chi connectivity index (χ0) is 12.5. The van der Waals surface area contributed by atoms with Crippen molar-refractivity contribution in [3.8, 4) is 0 Å². The standard InChI is InChI=1S/C15H15FN2/c16-13-4-2-11(3-5-13)15-8-12-7-10(9-17)1-6-14(12)18-15/h1-7,15,18H,8-9,17H2. The van der Waals surface area contributed by atoms with E-state index in [1.54, 1.807) is 0 Å². The van der Waals surface area contributed by atoms with Crippen molar-refractivity contribution < 1.29 is 4.39 Å². The molecule has 2 aromatic carbocycles. The van der Waals surface area contributed by atoms with Gasteiger partial charge in [0, 0.05) is 12.2 Å². The molecule has 18 heavy (non-hydrogen) atoms. The van der Waals surface area contributed by atoms with Gasteiger partial charge in [0.15, 0.2) is 0 Å². The molecule has 0 saturated heterocycles. The third-order valence-electron chi connectivity index (χ3n) is 3.43. The van der Waals surface area contributed by atoms with Crippen LogP contribution in [0.2, 0.25) is 0 Å².